The van der Waals surface area contributed by atoms with Gasteiger partial charge >= 0.3 is 0 Å². The lowest BCUT2D eigenvalue weighted by molar-refractivity contribution is -0.0405. The van der Waals surface area contributed by atoms with Crippen molar-refractivity contribution >= 4 is 35.7 Å². The molecule has 9 heteroatoms. The van der Waals surface area contributed by atoms with Crippen LogP contribution in [0.3, 0.4) is 0 Å². The molecule has 0 spiro atoms. The molecule has 0 amide bonds. The first-order valence-corrected chi connectivity index (χ1v) is 9.24. The summed E-state index contributed by atoms with van der Waals surface area (Å²) in [5.74, 6) is -0.752. The molecule has 5 nitrogen and oxygen atoms in total. The number of likely N-dealkylation sites (N-methyl/N-ethyl adjacent to an activating group) is 1. The zero-order valence-electron chi connectivity index (χ0n) is 11.2. The Morgan fingerprint density at radius 3 is 2.90 bits per heavy atom. The Bertz CT molecular complexity index is 628. The van der Waals surface area contributed by atoms with Gasteiger partial charge in [0.15, 0.2) is 0 Å². The van der Waals surface area contributed by atoms with Gasteiger partial charge in [-0.25, -0.2) is 12.8 Å². The number of rotatable bonds is 4. The Labute approximate surface area is 135 Å². The third-order valence-corrected chi connectivity index (χ3v) is 4.97. The molecule has 1 aromatic rings. The van der Waals surface area contributed by atoms with Crippen molar-refractivity contribution in [2.75, 3.05) is 33.4 Å². The van der Waals surface area contributed by atoms with Crippen LogP contribution in [-0.2, 0) is 13.8 Å². The number of hydrogen-bond acceptors (Lipinski definition) is 5. The molecule has 1 fully saturated rings. The average molecular weight is 403 g/mol. The molecule has 2 rings (SSSR count). The maximum Gasteiger partial charge on any atom is 0.264 e. The van der Waals surface area contributed by atoms with Crippen molar-refractivity contribution in [2.24, 2.45) is 0 Å². The SMILES string of the molecule is CN1CCOC(COc2cc(F)c(S(=O)(=O)Cl)cc2Br)C1. The van der Waals surface area contributed by atoms with E-state index in [1.165, 1.54) is 0 Å². The fourth-order valence-electron chi connectivity index (χ4n) is 1.96. The molecule has 1 atom stereocenters. The predicted octanol–water partition coefficient (Wildman–Crippen LogP) is 2.23. The van der Waals surface area contributed by atoms with Gasteiger partial charge in [-0.15, -0.1) is 0 Å². The summed E-state index contributed by atoms with van der Waals surface area (Å²) >= 11 is 3.14. The molecule has 0 N–H and O–H groups in total. The van der Waals surface area contributed by atoms with Crippen molar-refractivity contribution in [3.05, 3.63) is 22.4 Å². The van der Waals surface area contributed by atoms with Crippen LogP contribution in [0, 0.1) is 5.82 Å². The quantitative estimate of drug-likeness (QED) is 0.723. The Kier molecular flexibility index (Phi) is 5.48. The van der Waals surface area contributed by atoms with Gasteiger partial charge in [0, 0.05) is 29.8 Å². The first kappa shape index (κ1) is 17.0. The molecular formula is C12H14BrClFNO4S. The summed E-state index contributed by atoms with van der Waals surface area (Å²) in [4.78, 5) is 1.52. The lowest BCUT2D eigenvalue weighted by Crippen LogP contribution is -2.42. The Balaban J connectivity index is 2.09. The van der Waals surface area contributed by atoms with Crippen LogP contribution >= 0.6 is 26.6 Å². The van der Waals surface area contributed by atoms with Crippen LogP contribution < -0.4 is 4.74 Å². The monoisotopic (exact) mass is 401 g/mol. The van der Waals surface area contributed by atoms with Crippen molar-refractivity contribution in [3.63, 3.8) is 0 Å². The molecular weight excluding hydrogens is 389 g/mol. The van der Waals surface area contributed by atoms with E-state index in [-0.39, 0.29) is 18.5 Å². The van der Waals surface area contributed by atoms with E-state index in [9.17, 15) is 12.8 Å². The standard InChI is InChI=1S/C12H14BrClFNO4S/c1-16-2-3-19-8(6-16)7-20-11-5-10(15)12(4-9(11)13)21(14,17)18/h4-5,8H,2-3,6-7H2,1H3. The fourth-order valence-corrected chi connectivity index (χ4v) is 3.47. The number of morpholine rings is 1. The third kappa shape index (κ3) is 4.53. The van der Waals surface area contributed by atoms with Gasteiger partial charge in [-0.05, 0) is 29.0 Å². The van der Waals surface area contributed by atoms with E-state index in [1.807, 2.05) is 7.05 Å². The molecule has 1 aliphatic rings. The van der Waals surface area contributed by atoms with Crippen molar-refractivity contribution in [2.45, 2.75) is 11.0 Å². The van der Waals surface area contributed by atoms with Crippen LogP contribution in [-0.4, -0.2) is 52.8 Å². The molecule has 1 aliphatic heterocycles. The molecule has 118 valence electrons. The molecule has 0 radical (unpaired) electrons. The second kappa shape index (κ2) is 6.78. The van der Waals surface area contributed by atoms with E-state index in [4.69, 9.17) is 20.2 Å². The van der Waals surface area contributed by atoms with Gasteiger partial charge in [0.25, 0.3) is 9.05 Å². The highest BCUT2D eigenvalue weighted by atomic mass is 79.9. The van der Waals surface area contributed by atoms with Crippen molar-refractivity contribution in [1.82, 2.24) is 4.90 Å². The minimum atomic E-state index is -4.14. The second-order valence-corrected chi connectivity index (χ2v) is 8.11. The highest BCUT2D eigenvalue weighted by Gasteiger charge is 2.21. The van der Waals surface area contributed by atoms with E-state index < -0.39 is 19.8 Å². The molecule has 0 bridgehead atoms. The van der Waals surface area contributed by atoms with Gasteiger partial charge in [-0.2, -0.15) is 0 Å². The first-order valence-electron chi connectivity index (χ1n) is 6.14. The van der Waals surface area contributed by atoms with E-state index in [0.29, 0.717) is 17.6 Å². The minimum absolute atomic E-state index is 0.116. The smallest absolute Gasteiger partial charge is 0.264 e. The lowest BCUT2D eigenvalue weighted by atomic mass is 10.3. The molecule has 1 heterocycles. The highest BCUT2D eigenvalue weighted by Crippen LogP contribution is 2.31. The van der Waals surface area contributed by atoms with Crippen molar-refractivity contribution < 1.29 is 22.3 Å². The van der Waals surface area contributed by atoms with Gasteiger partial charge in [-0.1, -0.05) is 0 Å². The summed E-state index contributed by atoms with van der Waals surface area (Å²) in [7, 11) is 2.99. The Hall–Kier alpha value is -0.410. The third-order valence-electron chi connectivity index (χ3n) is 3.02. The van der Waals surface area contributed by atoms with Crippen molar-refractivity contribution in [1.29, 1.82) is 0 Å². The fraction of sp³-hybridized carbons (Fsp3) is 0.500. The number of nitrogens with zero attached hydrogens (tertiary/aromatic N) is 1. The van der Waals surface area contributed by atoms with Crippen LogP contribution in [0.2, 0.25) is 0 Å². The zero-order valence-corrected chi connectivity index (χ0v) is 14.3. The number of ether oxygens (including phenoxy) is 2. The van der Waals surface area contributed by atoms with E-state index in [2.05, 4.69) is 20.8 Å². The van der Waals surface area contributed by atoms with Gasteiger partial charge in [0.1, 0.15) is 29.2 Å². The molecule has 1 saturated heterocycles. The van der Waals surface area contributed by atoms with E-state index in [0.717, 1.165) is 18.7 Å². The summed E-state index contributed by atoms with van der Waals surface area (Å²) in [6, 6.07) is 2.08. The second-order valence-electron chi connectivity index (χ2n) is 4.72. The van der Waals surface area contributed by atoms with Gasteiger partial charge in [0.2, 0.25) is 0 Å². The minimum Gasteiger partial charge on any atom is -0.490 e. The average Bonchev–Trinajstić information content (AvgIpc) is 2.38. The number of hydrogen-bond donors (Lipinski definition) is 0. The molecule has 0 saturated carbocycles. The van der Waals surface area contributed by atoms with Crippen LogP contribution in [0.4, 0.5) is 4.39 Å². The summed E-state index contributed by atoms with van der Waals surface area (Å²) in [5, 5.41) is 0. The zero-order chi connectivity index (χ0) is 15.6. The van der Waals surface area contributed by atoms with Gasteiger partial charge in [0.05, 0.1) is 11.1 Å². The maximum absolute atomic E-state index is 13.7. The van der Waals surface area contributed by atoms with Crippen LogP contribution in [0.15, 0.2) is 21.5 Å². The normalized spacial score (nSPS) is 20.5. The molecule has 0 aromatic heterocycles. The largest absolute Gasteiger partial charge is 0.490 e. The van der Waals surface area contributed by atoms with Crippen molar-refractivity contribution in [3.8, 4) is 5.75 Å². The molecule has 21 heavy (non-hydrogen) atoms. The van der Waals surface area contributed by atoms with Crippen LogP contribution in [0.5, 0.6) is 5.75 Å². The van der Waals surface area contributed by atoms with Gasteiger partial charge in [-0.3, -0.25) is 0 Å². The molecule has 1 unspecified atom stereocenters. The summed E-state index contributed by atoms with van der Waals surface area (Å²) < 4.78 is 47.5. The highest BCUT2D eigenvalue weighted by molar-refractivity contribution is 9.10. The summed E-state index contributed by atoms with van der Waals surface area (Å²) in [6.45, 7) is 2.43. The van der Waals surface area contributed by atoms with Crippen LogP contribution in [0.1, 0.15) is 0 Å². The number of halogens is 3. The van der Waals surface area contributed by atoms with E-state index >= 15 is 0 Å². The molecule has 1 aromatic carbocycles. The molecule has 0 aliphatic carbocycles. The Morgan fingerprint density at radius 1 is 1.57 bits per heavy atom. The summed E-state index contributed by atoms with van der Waals surface area (Å²) in [6.07, 6.45) is -0.116. The van der Waals surface area contributed by atoms with Crippen LogP contribution in [0.25, 0.3) is 0 Å². The Morgan fingerprint density at radius 2 is 2.29 bits per heavy atom. The number of benzene rings is 1. The lowest BCUT2D eigenvalue weighted by Gasteiger charge is -2.29. The topological polar surface area (TPSA) is 55.8 Å². The predicted molar refractivity (Wildman–Crippen MR) is 79.9 cm³/mol. The van der Waals surface area contributed by atoms with E-state index in [1.54, 1.807) is 0 Å². The maximum atomic E-state index is 13.7. The summed E-state index contributed by atoms with van der Waals surface area (Å²) in [5.41, 5.74) is 0. The van der Waals surface area contributed by atoms with Gasteiger partial charge < -0.3 is 14.4 Å². The first-order chi connectivity index (χ1) is 9.77.